The smallest absolute Gasteiger partial charge is 0.265 e. The van der Waals surface area contributed by atoms with Crippen molar-refractivity contribution in [3.8, 4) is 5.69 Å². The topological polar surface area (TPSA) is 84.2 Å². The highest BCUT2D eigenvalue weighted by Crippen LogP contribution is 2.16. The van der Waals surface area contributed by atoms with Crippen LogP contribution in [0, 0.1) is 6.92 Å². The molecular weight excluding hydrogens is 428 g/mol. The number of aryl methyl sites for hydroxylation is 2. The zero-order valence-electron chi connectivity index (χ0n) is 19.1. The summed E-state index contributed by atoms with van der Waals surface area (Å²) < 4.78 is 1.64. The van der Waals surface area contributed by atoms with Crippen LogP contribution in [0.25, 0.3) is 16.6 Å². The second kappa shape index (κ2) is 9.43. The van der Waals surface area contributed by atoms with E-state index in [0.29, 0.717) is 61.7 Å². The molecule has 0 atom stereocenters. The number of fused-ring (bicyclic) bond motifs is 1. The fourth-order valence-electron chi connectivity index (χ4n) is 4.29. The van der Waals surface area contributed by atoms with E-state index in [9.17, 15) is 9.59 Å². The lowest BCUT2D eigenvalue weighted by Crippen LogP contribution is -2.49. The van der Waals surface area contributed by atoms with E-state index in [1.54, 1.807) is 29.1 Å². The highest BCUT2D eigenvalue weighted by atomic mass is 16.2. The highest BCUT2D eigenvalue weighted by Gasteiger charge is 2.23. The first-order valence-electron chi connectivity index (χ1n) is 11.5. The van der Waals surface area contributed by atoms with Crippen molar-refractivity contribution in [2.24, 2.45) is 0 Å². The summed E-state index contributed by atoms with van der Waals surface area (Å²) in [5.74, 6) is 1.35. The number of para-hydroxylation sites is 1. The minimum Gasteiger partial charge on any atom is -0.339 e. The fraction of sp³-hybridized carbons (Fsp3) is 0.269. The summed E-state index contributed by atoms with van der Waals surface area (Å²) >= 11 is 0. The maximum Gasteiger partial charge on any atom is 0.265 e. The van der Waals surface area contributed by atoms with Crippen LogP contribution < -0.4 is 10.5 Å². The Kier molecular flexibility index (Phi) is 6.03. The van der Waals surface area contributed by atoms with Crippen molar-refractivity contribution < 1.29 is 4.79 Å². The molecule has 0 N–H and O–H groups in total. The first-order valence-corrected chi connectivity index (χ1v) is 11.5. The lowest BCUT2D eigenvalue weighted by atomic mass is 10.1. The molecule has 2 aromatic heterocycles. The molecule has 4 aromatic rings. The van der Waals surface area contributed by atoms with Gasteiger partial charge in [0.05, 0.1) is 16.6 Å². The summed E-state index contributed by atoms with van der Waals surface area (Å²) in [6.45, 7) is 4.63. The van der Waals surface area contributed by atoms with Crippen molar-refractivity contribution in [1.82, 2.24) is 24.4 Å². The molecule has 0 radical (unpaired) electrons. The Morgan fingerprint density at radius 3 is 2.35 bits per heavy atom. The van der Waals surface area contributed by atoms with Crippen molar-refractivity contribution in [3.63, 3.8) is 0 Å². The van der Waals surface area contributed by atoms with E-state index in [0.717, 1.165) is 11.3 Å². The van der Waals surface area contributed by atoms with Gasteiger partial charge in [0, 0.05) is 51.4 Å². The maximum absolute atomic E-state index is 13.4. The largest absolute Gasteiger partial charge is 0.339 e. The number of hydrogen-bond donors (Lipinski definition) is 0. The first kappa shape index (κ1) is 21.8. The number of anilines is 1. The van der Waals surface area contributed by atoms with Crippen LogP contribution in [0.2, 0.25) is 0 Å². The van der Waals surface area contributed by atoms with Gasteiger partial charge in [0.2, 0.25) is 11.9 Å². The zero-order valence-corrected chi connectivity index (χ0v) is 19.1. The minimum atomic E-state index is -0.117. The van der Waals surface area contributed by atoms with E-state index in [-0.39, 0.29) is 11.5 Å². The number of rotatable bonds is 5. The Morgan fingerprint density at radius 1 is 0.912 bits per heavy atom. The third kappa shape index (κ3) is 4.39. The third-order valence-electron chi connectivity index (χ3n) is 6.17. The van der Waals surface area contributed by atoms with Crippen LogP contribution >= 0.6 is 0 Å². The van der Waals surface area contributed by atoms with Crippen LogP contribution in [0.1, 0.15) is 17.8 Å². The van der Waals surface area contributed by atoms with Crippen molar-refractivity contribution in [1.29, 1.82) is 0 Å². The molecule has 2 aromatic carbocycles. The molecule has 0 unspecified atom stereocenters. The van der Waals surface area contributed by atoms with Gasteiger partial charge in [0.1, 0.15) is 5.82 Å². The zero-order chi connectivity index (χ0) is 23.5. The van der Waals surface area contributed by atoms with Crippen LogP contribution in [0.5, 0.6) is 0 Å². The number of amides is 1. The van der Waals surface area contributed by atoms with Gasteiger partial charge in [0.25, 0.3) is 5.56 Å². The van der Waals surface area contributed by atoms with E-state index in [2.05, 4.69) is 14.9 Å². The standard InChI is InChI=1S/C26H26N6O2/c1-19-7-9-20(10-8-19)32-23(29-22-6-3-2-5-21(22)25(32)34)11-12-24(33)30-15-17-31(18-16-30)26-27-13-4-14-28-26/h2-10,13-14H,11-12,15-18H2,1H3. The van der Waals surface area contributed by atoms with Crippen LogP contribution in [0.15, 0.2) is 71.8 Å². The molecule has 0 bridgehead atoms. The summed E-state index contributed by atoms with van der Waals surface area (Å²) in [5, 5.41) is 0.567. The van der Waals surface area contributed by atoms with E-state index < -0.39 is 0 Å². The summed E-state index contributed by atoms with van der Waals surface area (Å²) in [5.41, 5.74) is 2.40. The number of piperazine rings is 1. The number of carbonyl (C=O) groups excluding carboxylic acids is 1. The molecule has 1 aliphatic rings. The Morgan fingerprint density at radius 2 is 1.62 bits per heavy atom. The number of aromatic nitrogens is 4. The molecule has 8 heteroatoms. The molecule has 1 amide bonds. The predicted octanol–water partition coefficient (Wildman–Crippen LogP) is 2.77. The maximum atomic E-state index is 13.4. The summed E-state index contributed by atoms with van der Waals surface area (Å²) in [7, 11) is 0. The van der Waals surface area contributed by atoms with Crippen molar-refractivity contribution in [3.05, 3.63) is 88.7 Å². The molecule has 1 saturated heterocycles. The molecule has 0 aliphatic carbocycles. The lowest BCUT2D eigenvalue weighted by molar-refractivity contribution is -0.131. The number of benzene rings is 2. The SMILES string of the molecule is Cc1ccc(-n2c(CCC(=O)N3CCN(c4ncccn4)CC3)nc3ccccc3c2=O)cc1. The fourth-order valence-corrected chi connectivity index (χ4v) is 4.29. The van der Waals surface area contributed by atoms with Gasteiger partial charge in [-0.2, -0.15) is 0 Å². The summed E-state index contributed by atoms with van der Waals surface area (Å²) in [6.07, 6.45) is 4.13. The van der Waals surface area contributed by atoms with Crippen LogP contribution in [-0.4, -0.2) is 56.5 Å². The van der Waals surface area contributed by atoms with Crippen LogP contribution in [-0.2, 0) is 11.2 Å². The molecule has 1 aliphatic heterocycles. The van der Waals surface area contributed by atoms with Crippen molar-refractivity contribution in [2.45, 2.75) is 19.8 Å². The third-order valence-corrected chi connectivity index (χ3v) is 6.17. The summed E-state index contributed by atoms with van der Waals surface area (Å²) in [4.78, 5) is 43.7. The molecule has 3 heterocycles. The van der Waals surface area contributed by atoms with Gasteiger partial charge in [-0.15, -0.1) is 0 Å². The molecule has 0 saturated carbocycles. The van der Waals surface area contributed by atoms with E-state index in [1.807, 2.05) is 54.3 Å². The van der Waals surface area contributed by atoms with Gasteiger partial charge in [-0.1, -0.05) is 29.8 Å². The van der Waals surface area contributed by atoms with Crippen molar-refractivity contribution >= 4 is 22.8 Å². The Labute approximate surface area is 197 Å². The van der Waals surface area contributed by atoms with Gasteiger partial charge in [-0.3, -0.25) is 14.2 Å². The average Bonchev–Trinajstić information content (AvgIpc) is 2.89. The highest BCUT2D eigenvalue weighted by molar-refractivity contribution is 5.79. The van der Waals surface area contributed by atoms with Gasteiger partial charge < -0.3 is 9.80 Å². The normalized spacial score (nSPS) is 13.9. The molecule has 34 heavy (non-hydrogen) atoms. The molecule has 5 rings (SSSR count). The Bertz CT molecular complexity index is 1360. The van der Waals surface area contributed by atoms with Gasteiger partial charge in [-0.05, 0) is 37.3 Å². The molecule has 8 nitrogen and oxygen atoms in total. The lowest BCUT2D eigenvalue weighted by Gasteiger charge is -2.34. The van der Waals surface area contributed by atoms with Crippen molar-refractivity contribution in [2.75, 3.05) is 31.1 Å². The van der Waals surface area contributed by atoms with Gasteiger partial charge in [-0.25, -0.2) is 15.0 Å². The first-order chi connectivity index (χ1) is 16.6. The van der Waals surface area contributed by atoms with E-state index >= 15 is 0 Å². The number of hydrogen-bond acceptors (Lipinski definition) is 6. The second-order valence-corrected chi connectivity index (χ2v) is 8.44. The number of carbonyl (C=O) groups is 1. The number of nitrogens with zero attached hydrogens (tertiary/aromatic N) is 6. The van der Waals surface area contributed by atoms with E-state index in [4.69, 9.17) is 4.98 Å². The van der Waals surface area contributed by atoms with E-state index in [1.165, 1.54) is 0 Å². The molecule has 1 fully saturated rings. The van der Waals surface area contributed by atoms with Gasteiger partial charge in [0.15, 0.2) is 0 Å². The molecule has 0 spiro atoms. The molecular formula is C26H26N6O2. The van der Waals surface area contributed by atoms with Crippen LogP contribution in [0.4, 0.5) is 5.95 Å². The van der Waals surface area contributed by atoms with Crippen LogP contribution in [0.3, 0.4) is 0 Å². The Balaban J connectivity index is 1.34. The minimum absolute atomic E-state index is 0.0616. The molecule has 172 valence electrons. The second-order valence-electron chi connectivity index (χ2n) is 8.44. The monoisotopic (exact) mass is 454 g/mol. The predicted molar refractivity (Wildman–Crippen MR) is 131 cm³/mol. The van der Waals surface area contributed by atoms with Gasteiger partial charge >= 0.3 is 0 Å². The quantitative estimate of drug-likeness (QED) is 0.461. The average molecular weight is 455 g/mol. The summed E-state index contributed by atoms with van der Waals surface area (Å²) in [6, 6.07) is 16.9. The Hall–Kier alpha value is -4.07.